The standard InChI is InChI=1S/C20H18N4O3S2/c25-20(17-7-4-10-24-11-12-29(26,27)23-19(17)24)22-16-6-3-5-15(13-16)14-28-18-8-1-2-9-21-18/h1-10,13H,11-12,14H2,(H,22,25). The molecule has 1 N–H and O–H groups in total. The number of aromatic nitrogens is 1. The van der Waals surface area contributed by atoms with Crippen LogP contribution >= 0.6 is 11.8 Å². The molecule has 7 nitrogen and oxygen atoms in total. The molecule has 29 heavy (non-hydrogen) atoms. The van der Waals surface area contributed by atoms with Crippen molar-refractivity contribution in [3.63, 3.8) is 0 Å². The van der Waals surface area contributed by atoms with Crippen LogP contribution < -0.4 is 5.32 Å². The number of allylic oxidation sites excluding steroid dienone is 2. The Morgan fingerprint density at radius 2 is 2.10 bits per heavy atom. The van der Waals surface area contributed by atoms with Crippen LogP contribution in [0.25, 0.3) is 0 Å². The Morgan fingerprint density at radius 3 is 2.93 bits per heavy atom. The number of amides is 1. The van der Waals surface area contributed by atoms with E-state index in [1.807, 2.05) is 36.4 Å². The van der Waals surface area contributed by atoms with Crippen molar-refractivity contribution in [2.75, 3.05) is 17.6 Å². The van der Waals surface area contributed by atoms with E-state index in [4.69, 9.17) is 0 Å². The molecule has 1 aromatic heterocycles. The van der Waals surface area contributed by atoms with E-state index in [1.54, 1.807) is 47.3 Å². The van der Waals surface area contributed by atoms with Crippen molar-refractivity contribution in [2.24, 2.45) is 4.40 Å². The van der Waals surface area contributed by atoms with E-state index >= 15 is 0 Å². The molecular formula is C20H18N4O3S2. The van der Waals surface area contributed by atoms with E-state index in [2.05, 4.69) is 14.7 Å². The summed E-state index contributed by atoms with van der Waals surface area (Å²) < 4.78 is 27.5. The molecular weight excluding hydrogens is 408 g/mol. The van der Waals surface area contributed by atoms with Gasteiger partial charge in [0.2, 0.25) is 0 Å². The molecule has 0 bridgehead atoms. The van der Waals surface area contributed by atoms with Crippen LogP contribution in [0.2, 0.25) is 0 Å². The highest BCUT2D eigenvalue weighted by Gasteiger charge is 2.29. The fourth-order valence-electron chi connectivity index (χ4n) is 2.92. The molecule has 0 atom stereocenters. The maximum Gasteiger partial charge on any atom is 0.259 e. The number of sulfonamides is 1. The van der Waals surface area contributed by atoms with Gasteiger partial charge in [-0.15, -0.1) is 16.2 Å². The Hall–Kier alpha value is -2.91. The van der Waals surface area contributed by atoms with Crippen molar-refractivity contribution in [3.05, 3.63) is 78.1 Å². The first kappa shape index (κ1) is 19.4. The normalized spacial score (nSPS) is 17.2. The van der Waals surface area contributed by atoms with Crippen molar-refractivity contribution in [2.45, 2.75) is 10.8 Å². The van der Waals surface area contributed by atoms with Gasteiger partial charge >= 0.3 is 0 Å². The summed E-state index contributed by atoms with van der Waals surface area (Å²) in [7, 11) is -3.55. The van der Waals surface area contributed by atoms with Gasteiger partial charge in [0.25, 0.3) is 15.9 Å². The van der Waals surface area contributed by atoms with Gasteiger partial charge in [0, 0.05) is 30.4 Å². The molecule has 0 aliphatic carbocycles. The highest BCUT2D eigenvalue weighted by Crippen LogP contribution is 2.23. The molecule has 148 valence electrons. The van der Waals surface area contributed by atoms with Gasteiger partial charge in [-0.2, -0.15) is 0 Å². The number of thioether (sulfide) groups is 1. The average Bonchev–Trinajstić information content (AvgIpc) is 2.72. The minimum Gasteiger partial charge on any atom is -0.331 e. The third-order valence-electron chi connectivity index (χ3n) is 4.31. The van der Waals surface area contributed by atoms with E-state index in [0.29, 0.717) is 11.4 Å². The predicted molar refractivity (Wildman–Crippen MR) is 114 cm³/mol. The van der Waals surface area contributed by atoms with Crippen LogP contribution in [-0.2, 0) is 20.6 Å². The Morgan fingerprint density at radius 1 is 1.21 bits per heavy atom. The summed E-state index contributed by atoms with van der Waals surface area (Å²) >= 11 is 1.61. The maximum atomic E-state index is 12.8. The summed E-state index contributed by atoms with van der Waals surface area (Å²) in [6.45, 7) is 0.280. The summed E-state index contributed by atoms with van der Waals surface area (Å²) in [5.41, 5.74) is 1.90. The first-order valence-electron chi connectivity index (χ1n) is 8.92. The van der Waals surface area contributed by atoms with Crippen molar-refractivity contribution in [1.29, 1.82) is 0 Å². The summed E-state index contributed by atoms with van der Waals surface area (Å²) in [6.07, 6.45) is 6.76. The zero-order chi connectivity index (χ0) is 20.3. The van der Waals surface area contributed by atoms with Gasteiger partial charge in [0.1, 0.15) is 0 Å². The first-order valence-corrected chi connectivity index (χ1v) is 11.5. The fourth-order valence-corrected chi connectivity index (χ4v) is 4.71. The predicted octanol–water partition coefficient (Wildman–Crippen LogP) is 2.81. The molecule has 9 heteroatoms. The van der Waals surface area contributed by atoms with Gasteiger partial charge in [-0.05, 0) is 42.0 Å². The van der Waals surface area contributed by atoms with E-state index in [1.165, 1.54) is 0 Å². The molecule has 1 amide bonds. The number of nitrogens with one attached hydrogen (secondary N) is 1. The number of amidine groups is 1. The van der Waals surface area contributed by atoms with E-state index in [-0.39, 0.29) is 23.7 Å². The second-order valence-corrected chi connectivity index (χ2v) is 9.18. The molecule has 0 saturated carbocycles. The number of anilines is 1. The Kier molecular flexibility index (Phi) is 5.50. The zero-order valence-electron chi connectivity index (χ0n) is 15.4. The molecule has 2 aromatic rings. The lowest BCUT2D eigenvalue weighted by molar-refractivity contribution is -0.112. The van der Waals surface area contributed by atoms with Crippen LogP contribution in [0.4, 0.5) is 5.69 Å². The molecule has 2 aliphatic heterocycles. The third-order valence-corrected chi connectivity index (χ3v) is 6.48. The minimum atomic E-state index is -3.55. The highest BCUT2D eigenvalue weighted by atomic mass is 32.2. The topological polar surface area (TPSA) is 91.7 Å². The van der Waals surface area contributed by atoms with Crippen LogP contribution in [-0.4, -0.2) is 42.3 Å². The van der Waals surface area contributed by atoms with Gasteiger partial charge in [0.05, 0.1) is 16.4 Å². The summed E-state index contributed by atoms with van der Waals surface area (Å²) in [6, 6.07) is 13.3. The molecule has 4 rings (SSSR count). The first-order chi connectivity index (χ1) is 14.0. The van der Waals surface area contributed by atoms with E-state index in [0.717, 1.165) is 10.6 Å². The molecule has 1 aromatic carbocycles. The second kappa shape index (κ2) is 8.22. The number of carbonyl (C=O) groups is 1. The highest BCUT2D eigenvalue weighted by molar-refractivity contribution is 7.98. The lowest BCUT2D eigenvalue weighted by Gasteiger charge is -2.28. The van der Waals surface area contributed by atoms with Gasteiger partial charge in [-0.25, -0.2) is 13.4 Å². The zero-order valence-corrected chi connectivity index (χ0v) is 17.0. The largest absolute Gasteiger partial charge is 0.331 e. The van der Waals surface area contributed by atoms with E-state index in [9.17, 15) is 13.2 Å². The molecule has 0 radical (unpaired) electrons. The van der Waals surface area contributed by atoms with Crippen LogP contribution in [0.3, 0.4) is 0 Å². The Balaban J connectivity index is 1.48. The summed E-state index contributed by atoms with van der Waals surface area (Å²) in [4.78, 5) is 18.8. The molecule has 0 saturated heterocycles. The van der Waals surface area contributed by atoms with Crippen LogP contribution in [0, 0.1) is 0 Å². The Bertz CT molecular complexity index is 1130. The fraction of sp³-hybridized carbons (Fsp3) is 0.150. The number of rotatable bonds is 5. The monoisotopic (exact) mass is 426 g/mol. The maximum absolute atomic E-state index is 12.8. The van der Waals surface area contributed by atoms with Crippen LogP contribution in [0.5, 0.6) is 0 Å². The molecule has 0 unspecified atom stereocenters. The van der Waals surface area contributed by atoms with Gasteiger partial charge < -0.3 is 10.2 Å². The number of hydrogen-bond donors (Lipinski definition) is 1. The Labute approximate surface area is 173 Å². The van der Waals surface area contributed by atoms with Crippen LogP contribution in [0.15, 0.2) is 82.0 Å². The second-order valence-electron chi connectivity index (χ2n) is 6.43. The molecule has 2 aliphatic rings. The smallest absolute Gasteiger partial charge is 0.259 e. The van der Waals surface area contributed by atoms with Crippen molar-refractivity contribution in [3.8, 4) is 0 Å². The van der Waals surface area contributed by atoms with Gasteiger partial charge in [-0.3, -0.25) is 4.79 Å². The molecule has 3 heterocycles. The number of benzene rings is 1. The lowest BCUT2D eigenvalue weighted by atomic mass is 10.1. The number of hydrogen-bond acceptors (Lipinski definition) is 6. The average molecular weight is 427 g/mol. The van der Waals surface area contributed by atoms with Gasteiger partial charge in [-0.1, -0.05) is 18.2 Å². The van der Waals surface area contributed by atoms with Crippen molar-refractivity contribution < 1.29 is 13.2 Å². The van der Waals surface area contributed by atoms with Gasteiger partial charge in [0.15, 0.2) is 5.84 Å². The molecule has 0 spiro atoms. The SMILES string of the molecule is O=C(Nc1cccc(CSc2ccccn2)c1)C1=CC=CN2CCS(=O)(=O)N=C12. The van der Waals surface area contributed by atoms with Crippen molar-refractivity contribution >= 4 is 39.2 Å². The third kappa shape index (κ3) is 4.75. The number of fused-ring (bicyclic) bond motifs is 1. The van der Waals surface area contributed by atoms with Crippen molar-refractivity contribution in [1.82, 2.24) is 9.88 Å². The molecule has 0 fully saturated rings. The minimum absolute atomic E-state index is 0.0638. The number of pyridine rings is 1. The number of carbonyl (C=O) groups excluding carboxylic acids is 1. The summed E-state index contributed by atoms with van der Waals surface area (Å²) in [5.74, 6) is 0.416. The summed E-state index contributed by atoms with van der Waals surface area (Å²) in [5, 5.41) is 3.77. The quantitative estimate of drug-likeness (QED) is 0.740. The van der Waals surface area contributed by atoms with E-state index < -0.39 is 15.9 Å². The van der Waals surface area contributed by atoms with Crippen LogP contribution in [0.1, 0.15) is 5.56 Å². The number of nitrogens with zero attached hydrogens (tertiary/aromatic N) is 3. The lowest BCUT2D eigenvalue weighted by Crippen LogP contribution is -2.40.